The first-order valence-electron chi connectivity index (χ1n) is 9.66. The second kappa shape index (κ2) is 9.60. The van der Waals surface area contributed by atoms with E-state index in [1.54, 1.807) is 29.2 Å². The van der Waals surface area contributed by atoms with Crippen LogP contribution < -0.4 is 15.0 Å². The highest BCUT2D eigenvalue weighted by atomic mass is 35.5. The van der Waals surface area contributed by atoms with Gasteiger partial charge in [-0.1, -0.05) is 31.4 Å². The molecule has 0 aromatic heterocycles. The summed E-state index contributed by atoms with van der Waals surface area (Å²) in [5.74, 6) is 0.201. The molecule has 1 aliphatic rings. The van der Waals surface area contributed by atoms with Crippen LogP contribution in [-0.2, 0) is 9.59 Å². The molecule has 2 amide bonds. The smallest absolute Gasteiger partial charge is 0.229 e. The van der Waals surface area contributed by atoms with Crippen LogP contribution >= 0.6 is 11.6 Å². The van der Waals surface area contributed by atoms with Gasteiger partial charge in [0.1, 0.15) is 5.75 Å². The fourth-order valence-electron chi connectivity index (χ4n) is 3.17. The maximum Gasteiger partial charge on any atom is 0.229 e. The number of hydrogen-bond acceptors (Lipinski definition) is 3. The van der Waals surface area contributed by atoms with Crippen molar-refractivity contribution < 1.29 is 14.3 Å². The van der Waals surface area contributed by atoms with Gasteiger partial charge < -0.3 is 15.0 Å². The van der Waals surface area contributed by atoms with Crippen LogP contribution in [0.3, 0.4) is 0 Å². The summed E-state index contributed by atoms with van der Waals surface area (Å²) in [6.45, 7) is 3.22. The maximum absolute atomic E-state index is 12.6. The van der Waals surface area contributed by atoms with E-state index in [4.69, 9.17) is 16.3 Å². The van der Waals surface area contributed by atoms with Gasteiger partial charge in [0.05, 0.1) is 12.5 Å². The molecule has 0 bridgehead atoms. The van der Waals surface area contributed by atoms with Gasteiger partial charge >= 0.3 is 0 Å². The largest absolute Gasteiger partial charge is 0.494 e. The molecule has 2 aromatic rings. The Kier molecular flexibility index (Phi) is 6.93. The molecule has 0 aliphatic carbocycles. The highest BCUT2D eigenvalue weighted by Gasteiger charge is 2.35. The molecular formula is C22H25ClN2O3. The number of amides is 2. The zero-order chi connectivity index (χ0) is 19.9. The van der Waals surface area contributed by atoms with E-state index in [0.29, 0.717) is 23.9 Å². The summed E-state index contributed by atoms with van der Waals surface area (Å²) in [4.78, 5) is 26.5. The van der Waals surface area contributed by atoms with Crippen molar-refractivity contribution >= 4 is 34.8 Å². The van der Waals surface area contributed by atoms with Crippen molar-refractivity contribution in [2.75, 3.05) is 23.4 Å². The van der Waals surface area contributed by atoms with Crippen LogP contribution in [0.4, 0.5) is 11.4 Å². The SMILES string of the molecule is CCCCCOc1ccc(NC(=O)[C@H]2CC(=O)N(c3ccc(Cl)cc3)C2)cc1. The number of rotatable bonds is 8. The number of ether oxygens (including phenoxy) is 1. The Morgan fingerprint density at radius 1 is 1.14 bits per heavy atom. The number of nitrogens with zero attached hydrogens (tertiary/aromatic N) is 1. The molecule has 0 saturated carbocycles. The van der Waals surface area contributed by atoms with Gasteiger partial charge in [-0.25, -0.2) is 0 Å². The highest BCUT2D eigenvalue weighted by Crippen LogP contribution is 2.27. The molecule has 0 spiro atoms. The van der Waals surface area contributed by atoms with Crippen LogP contribution in [0.2, 0.25) is 5.02 Å². The molecule has 5 nitrogen and oxygen atoms in total. The van der Waals surface area contributed by atoms with E-state index in [9.17, 15) is 9.59 Å². The van der Waals surface area contributed by atoms with Crippen molar-refractivity contribution in [1.29, 1.82) is 0 Å². The molecule has 1 N–H and O–H groups in total. The monoisotopic (exact) mass is 400 g/mol. The number of anilines is 2. The van der Waals surface area contributed by atoms with Crippen LogP contribution in [0, 0.1) is 5.92 Å². The topological polar surface area (TPSA) is 58.6 Å². The minimum atomic E-state index is -0.381. The van der Waals surface area contributed by atoms with Crippen LogP contribution in [0.15, 0.2) is 48.5 Å². The third kappa shape index (κ3) is 5.26. The Bertz CT molecular complexity index is 806. The summed E-state index contributed by atoms with van der Waals surface area (Å²) >= 11 is 5.90. The Hall–Kier alpha value is -2.53. The number of nitrogens with one attached hydrogen (secondary N) is 1. The predicted octanol–water partition coefficient (Wildman–Crippen LogP) is 4.90. The summed E-state index contributed by atoms with van der Waals surface area (Å²) in [6, 6.07) is 14.4. The lowest BCUT2D eigenvalue weighted by Crippen LogP contribution is -2.28. The molecule has 1 atom stereocenters. The van der Waals surface area contributed by atoms with Crippen LogP contribution in [0.5, 0.6) is 5.75 Å². The highest BCUT2D eigenvalue weighted by molar-refractivity contribution is 6.30. The molecular weight excluding hydrogens is 376 g/mol. The van der Waals surface area contributed by atoms with Crippen LogP contribution in [-0.4, -0.2) is 25.0 Å². The second-order valence-electron chi connectivity index (χ2n) is 6.95. The van der Waals surface area contributed by atoms with Crippen LogP contribution in [0.25, 0.3) is 0 Å². The van der Waals surface area contributed by atoms with Gasteiger partial charge in [-0.3, -0.25) is 9.59 Å². The van der Waals surface area contributed by atoms with E-state index in [2.05, 4.69) is 12.2 Å². The van der Waals surface area contributed by atoms with Crippen molar-refractivity contribution in [3.63, 3.8) is 0 Å². The number of unbranched alkanes of at least 4 members (excludes halogenated alkanes) is 2. The Morgan fingerprint density at radius 2 is 1.86 bits per heavy atom. The third-order valence-corrected chi connectivity index (χ3v) is 5.02. The molecule has 1 aliphatic heterocycles. The quantitative estimate of drug-likeness (QED) is 0.641. The number of carbonyl (C=O) groups excluding carboxylic acids is 2. The molecule has 2 aromatic carbocycles. The summed E-state index contributed by atoms with van der Waals surface area (Å²) in [5, 5.41) is 3.51. The fourth-order valence-corrected chi connectivity index (χ4v) is 3.30. The van der Waals surface area contributed by atoms with Crippen LogP contribution in [0.1, 0.15) is 32.6 Å². The first-order chi connectivity index (χ1) is 13.6. The van der Waals surface area contributed by atoms with Gasteiger partial charge in [0, 0.05) is 29.4 Å². The van der Waals surface area contributed by atoms with Gasteiger partial charge in [0.25, 0.3) is 0 Å². The summed E-state index contributed by atoms with van der Waals surface area (Å²) in [6.07, 6.45) is 3.55. The lowest BCUT2D eigenvalue weighted by atomic mass is 10.1. The number of carbonyl (C=O) groups is 2. The Morgan fingerprint density at radius 3 is 2.54 bits per heavy atom. The van der Waals surface area contributed by atoms with E-state index >= 15 is 0 Å². The molecule has 0 radical (unpaired) electrons. The summed E-state index contributed by atoms with van der Waals surface area (Å²) in [5.41, 5.74) is 1.46. The molecule has 0 unspecified atom stereocenters. The lowest BCUT2D eigenvalue weighted by molar-refractivity contribution is -0.122. The Labute approximate surface area is 170 Å². The molecule has 148 valence electrons. The number of benzene rings is 2. The van der Waals surface area contributed by atoms with E-state index < -0.39 is 0 Å². The van der Waals surface area contributed by atoms with Crippen molar-refractivity contribution in [3.8, 4) is 5.75 Å². The first-order valence-corrected chi connectivity index (χ1v) is 10.0. The lowest BCUT2D eigenvalue weighted by Gasteiger charge is -2.17. The van der Waals surface area contributed by atoms with Gasteiger partial charge in [0.2, 0.25) is 11.8 Å². The van der Waals surface area contributed by atoms with Gasteiger partial charge in [-0.05, 0) is 55.0 Å². The molecule has 1 saturated heterocycles. The number of halogens is 1. The molecule has 1 fully saturated rings. The third-order valence-electron chi connectivity index (χ3n) is 4.77. The zero-order valence-corrected chi connectivity index (χ0v) is 16.7. The summed E-state index contributed by atoms with van der Waals surface area (Å²) < 4.78 is 5.68. The summed E-state index contributed by atoms with van der Waals surface area (Å²) in [7, 11) is 0. The molecule has 6 heteroatoms. The standard InChI is InChI=1S/C22H25ClN2O3/c1-2-3-4-13-28-20-11-7-18(8-12-20)24-22(27)16-14-21(26)25(15-16)19-9-5-17(23)6-10-19/h5-12,16H,2-4,13-15H2,1H3,(H,24,27)/t16-/m0/s1. The van der Waals surface area contributed by atoms with Gasteiger partial charge in [0.15, 0.2) is 0 Å². The van der Waals surface area contributed by atoms with Crippen molar-refractivity contribution in [3.05, 3.63) is 53.6 Å². The van der Waals surface area contributed by atoms with Crippen molar-refractivity contribution in [2.45, 2.75) is 32.6 Å². The van der Waals surface area contributed by atoms with E-state index in [-0.39, 0.29) is 24.2 Å². The Balaban J connectivity index is 1.53. The minimum absolute atomic E-state index is 0.0571. The van der Waals surface area contributed by atoms with Gasteiger partial charge in [-0.2, -0.15) is 0 Å². The predicted molar refractivity (Wildman–Crippen MR) is 112 cm³/mol. The average Bonchev–Trinajstić information content (AvgIpc) is 3.09. The zero-order valence-electron chi connectivity index (χ0n) is 16.0. The van der Waals surface area contributed by atoms with Crippen molar-refractivity contribution in [1.82, 2.24) is 0 Å². The maximum atomic E-state index is 12.6. The molecule has 3 rings (SSSR count). The molecule has 28 heavy (non-hydrogen) atoms. The molecule has 1 heterocycles. The second-order valence-corrected chi connectivity index (χ2v) is 7.39. The first kappa shape index (κ1) is 20.2. The van der Waals surface area contributed by atoms with Crippen molar-refractivity contribution in [2.24, 2.45) is 5.92 Å². The average molecular weight is 401 g/mol. The van der Waals surface area contributed by atoms with E-state index in [1.807, 2.05) is 24.3 Å². The van der Waals surface area contributed by atoms with E-state index in [1.165, 1.54) is 0 Å². The van der Waals surface area contributed by atoms with Gasteiger partial charge in [-0.15, -0.1) is 0 Å². The van der Waals surface area contributed by atoms with E-state index in [0.717, 1.165) is 30.7 Å². The number of hydrogen-bond donors (Lipinski definition) is 1. The fraction of sp³-hybridized carbons (Fsp3) is 0.364. The minimum Gasteiger partial charge on any atom is -0.494 e. The normalized spacial score (nSPS) is 16.3.